The Labute approximate surface area is 154 Å². The molecule has 0 aliphatic rings. The third kappa shape index (κ3) is 9.94. The molecule has 0 aliphatic carbocycles. The highest BCUT2D eigenvalue weighted by Gasteiger charge is 2.27. The summed E-state index contributed by atoms with van der Waals surface area (Å²) in [7, 11) is 0. The molecule has 0 aromatic heterocycles. The van der Waals surface area contributed by atoms with Crippen LogP contribution >= 0.6 is 0 Å². The summed E-state index contributed by atoms with van der Waals surface area (Å²) in [5, 5.41) is 14.5. The number of aliphatic imine (C=N–C) groups is 1. The van der Waals surface area contributed by atoms with Gasteiger partial charge in [-0.05, 0) is 32.1 Å². The smallest absolute Gasteiger partial charge is 0.243 e. The van der Waals surface area contributed by atoms with E-state index in [1.54, 1.807) is 0 Å². The molecule has 0 aliphatic heterocycles. The van der Waals surface area contributed by atoms with Crippen LogP contribution in [0.1, 0.15) is 40.0 Å². The van der Waals surface area contributed by atoms with Crippen molar-refractivity contribution in [3.05, 3.63) is 0 Å². The van der Waals surface area contributed by atoms with Crippen LogP contribution in [0.4, 0.5) is 0 Å². The van der Waals surface area contributed by atoms with E-state index in [1.165, 1.54) is 6.92 Å². The molecule has 26 heavy (non-hydrogen) atoms. The molecule has 0 aromatic carbocycles. The summed E-state index contributed by atoms with van der Waals surface area (Å²) in [4.78, 5) is 39.3. The third-order valence-corrected chi connectivity index (χ3v) is 3.62. The van der Waals surface area contributed by atoms with Gasteiger partial charge in [-0.25, -0.2) is 0 Å². The van der Waals surface area contributed by atoms with E-state index in [4.69, 9.17) is 17.2 Å². The Balaban J connectivity index is 4.77. The number of hydrogen-bond acceptors (Lipinski definition) is 6. The number of aldehydes is 1. The van der Waals surface area contributed by atoms with Gasteiger partial charge in [0.15, 0.2) is 5.96 Å². The van der Waals surface area contributed by atoms with Crippen molar-refractivity contribution in [1.29, 1.82) is 0 Å². The van der Waals surface area contributed by atoms with Crippen molar-refractivity contribution in [3.8, 4) is 0 Å². The maximum atomic E-state index is 12.4. The Morgan fingerprint density at radius 1 is 1.15 bits per heavy atom. The summed E-state index contributed by atoms with van der Waals surface area (Å²) >= 11 is 0. The molecular weight excluding hydrogens is 340 g/mol. The number of nitrogens with two attached hydrogens (primary N) is 3. The number of nitrogens with one attached hydrogen (secondary N) is 2. The maximum absolute atomic E-state index is 12.4. The molecule has 0 heterocycles. The van der Waals surface area contributed by atoms with E-state index in [1.807, 2.05) is 13.8 Å². The number of aliphatic hydroxyl groups is 1. The van der Waals surface area contributed by atoms with E-state index < -0.39 is 36.0 Å². The van der Waals surface area contributed by atoms with Crippen LogP contribution in [-0.2, 0) is 14.4 Å². The zero-order valence-corrected chi connectivity index (χ0v) is 15.6. The first kappa shape index (κ1) is 23.8. The average Bonchev–Trinajstić information content (AvgIpc) is 2.54. The minimum absolute atomic E-state index is 0.0282. The lowest BCUT2D eigenvalue weighted by atomic mass is 10.0. The third-order valence-electron chi connectivity index (χ3n) is 3.62. The Hall–Kier alpha value is -2.20. The van der Waals surface area contributed by atoms with Gasteiger partial charge >= 0.3 is 0 Å². The van der Waals surface area contributed by atoms with Crippen molar-refractivity contribution in [2.75, 3.05) is 6.54 Å². The van der Waals surface area contributed by atoms with E-state index >= 15 is 0 Å². The first-order valence-electron chi connectivity index (χ1n) is 8.63. The molecule has 0 saturated carbocycles. The number of nitrogens with zero attached hydrogens (tertiary/aromatic N) is 1. The van der Waals surface area contributed by atoms with E-state index in [-0.39, 0.29) is 11.9 Å². The summed E-state index contributed by atoms with van der Waals surface area (Å²) in [5.74, 6) is -0.933. The minimum atomic E-state index is -1.04. The fourth-order valence-electron chi connectivity index (χ4n) is 2.17. The zero-order chi connectivity index (χ0) is 20.3. The number of amides is 2. The van der Waals surface area contributed by atoms with Crippen LogP contribution in [-0.4, -0.2) is 59.9 Å². The molecule has 0 rings (SSSR count). The number of guanidine groups is 1. The lowest BCUT2D eigenvalue weighted by Gasteiger charge is -2.24. The van der Waals surface area contributed by atoms with Gasteiger partial charge in [0.25, 0.3) is 0 Å². The van der Waals surface area contributed by atoms with Crippen LogP contribution in [0, 0.1) is 5.92 Å². The van der Waals surface area contributed by atoms with Gasteiger partial charge in [-0.1, -0.05) is 13.8 Å². The number of rotatable bonds is 12. The second-order valence-corrected chi connectivity index (χ2v) is 6.66. The zero-order valence-electron chi connectivity index (χ0n) is 15.6. The largest absolute Gasteiger partial charge is 0.391 e. The second-order valence-electron chi connectivity index (χ2n) is 6.66. The molecule has 0 fully saturated rings. The predicted octanol–water partition coefficient (Wildman–Crippen LogP) is -2.04. The first-order chi connectivity index (χ1) is 12.1. The first-order valence-corrected chi connectivity index (χ1v) is 8.63. The van der Waals surface area contributed by atoms with Crippen LogP contribution in [0.25, 0.3) is 0 Å². The van der Waals surface area contributed by atoms with Crippen LogP contribution in [0.5, 0.6) is 0 Å². The summed E-state index contributed by atoms with van der Waals surface area (Å²) in [5.41, 5.74) is 16.3. The fourth-order valence-corrected chi connectivity index (χ4v) is 2.17. The van der Waals surface area contributed by atoms with Gasteiger partial charge < -0.3 is 37.7 Å². The predicted molar refractivity (Wildman–Crippen MR) is 98.9 cm³/mol. The van der Waals surface area contributed by atoms with Gasteiger partial charge in [-0.15, -0.1) is 0 Å². The van der Waals surface area contributed by atoms with Crippen molar-refractivity contribution in [2.24, 2.45) is 28.1 Å². The van der Waals surface area contributed by atoms with Crippen molar-refractivity contribution in [2.45, 2.75) is 64.3 Å². The monoisotopic (exact) mass is 372 g/mol. The number of hydrogen-bond donors (Lipinski definition) is 6. The van der Waals surface area contributed by atoms with Crippen molar-refractivity contribution >= 4 is 24.1 Å². The van der Waals surface area contributed by atoms with Crippen LogP contribution in [0.2, 0.25) is 0 Å². The average molecular weight is 372 g/mol. The molecule has 150 valence electrons. The Morgan fingerprint density at radius 3 is 2.23 bits per heavy atom. The van der Waals surface area contributed by atoms with E-state index in [9.17, 15) is 19.5 Å². The summed E-state index contributed by atoms with van der Waals surface area (Å²) in [6, 6.07) is -2.71. The molecule has 0 unspecified atom stereocenters. The molecule has 9 N–H and O–H groups in total. The second kappa shape index (κ2) is 12.2. The highest BCUT2D eigenvalue weighted by Crippen LogP contribution is 2.07. The lowest BCUT2D eigenvalue weighted by molar-refractivity contribution is -0.131. The van der Waals surface area contributed by atoms with Gasteiger partial charge in [0.2, 0.25) is 11.8 Å². The molecule has 10 heteroatoms. The van der Waals surface area contributed by atoms with Gasteiger partial charge in [-0.3, -0.25) is 14.6 Å². The molecule has 0 radical (unpaired) electrons. The fraction of sp³-hybridized carbons (Fsp3) is 0.750. The Kier molecular flexibility index (Phi) is 11.2. The molecule has 0 aromatic rings. The molecule has 10 nitrogen and oxygen atoms in total. The van der Waals surface area contributed by atoms with Crippen molar-refractivity contribution < 1.29 is 19.5 Å². The highest BCUT2D eigenvalue weighted by molar-refractivity contribution is 5.90. The Bertz CT molecular complexity index is 491. The topological polar surface area (TPSA) is 186 Å². The summed E-state index contributed by atoms with van der Waals surface area (Å²) in [6.07, 6.45) is 0.645. The number of aliphatic hydroxyl groups excluding tert-OH is 1. The van der Waals surface area contributed by atoms with E-state index in [0.29, 0.717) is 32.1 Å². The number of carbonyl (C=O) groups excluding carboxylic acids is 3. The lowest BCUT2D eigenvalue weighted by Crippen LogP contribution is -2.55. The molecule has 2 amide bonds. The van der Waals surface area contributed by atoms with Gasteiger partial charge in [0.05, 0.1) is 12.1 Å². The van der Waals surface area contributed by atoms with Crippen molar-refractivity contribution in [1.82, 2.24) is 10.6 Å². The molecule has 4 atom stereocenters. The highest BCUT2D eigenvalue weighted by atomic mass is 16.3. The summed E-state index contributed by atoms with van der Waals surface area (Å²) in [6.45, 7) is 5.54. The van der Waals surface area contributed by atoms with Gasteiger partial charge in [-0.2, -0.15) is 0 Å². The van der Waals surface area contributed by atoms with Gasteiger partial charge in [0, 0.05) is 6.54 Å². The van der Waals surface area contributed by atoms with E-state index in [0.717, 1.165) is 0 Å². The quantitative estimate of drug-likeness (QED) is 0.0985. The van der Waals surface area contributed by atoms with Gasteiger partial charge in [0.1, 0.15) is 18.4 Å². The normalized spacial score (nSPS) is 15.5. The van der Waals surface area contributed by atoms with Crippen LogP contribution in [0.3, 0.4) is 0 Å². The number of carbonyl (C=O) groups is 3. The Morgan fingerprint density at radius 2 is 1.77 bits per heavy atom. The molecule has 0 saturated heterocycles. The van der Waals surface area contributed by atoms with E-state index in [2.05, 4.69) is 15.6 Å². The molecular formula is C16H32N6O4. The van der Waals surface area contributed by atoms with Crippen molar-refractivity contribution in [3.63, 3.8) is 0 Å². The minimum Gasteiger partial charge on any atom is -0.391 e. The molecule has 0 bridgehead atoms. The summed E-state index contributed by atoms with van der Waals surface area (Å²) < 4.78 is 0. The maximum Gasteiger partial charge on any atom is 0.243 e. The SMILES string of the molecule is CC(C)C[C@H](NC(=O)[C@@H](N)CCCN=C(N)N)C(=O)N[C@H](C=O)[C@H](C)O. The standard InChI is InChI=1S/C16H32N6O4/c1-9(2)7-12(15(26)22-13(8-23)10(3)24)21-14(25)11(17)5-4-6-20-16(18)19/h8-13,24H,4-7,17H2,1-3H3,(H,21,25)(H,22,26)(H4,18,19,20)/t10-,11-,12-,13+/m0/s1. The van der Waals surface area contributed by atoms with Crippen LogP contribution < -0.4 is 27.8 Å². The van der Waals surface area contributed by atoms with Crippen LogP contribution in [0.15, 0.2) is 4.99 Å². The molecule has 0 spiro atoms.